The number of fused-ring (bicyclic) bond motifs is 2. The molecule has 0 radical (unpaired) electrons. The van der Waals surface area contributed by atoms with Crippen molar-refractivity contribution < 1.29 is 19.4 Å². The number of hydrogen-bond donors (Lipinski definition) is 3. The van der Waals surface area contributed by atoms with Gasteiger partial charge in [0.25, 0.3) is 5.91 Å². The average Bonchev–Trinajstić information content (AvgIpc) is 3.40. The molecule has 0 unspecified atom stereocenters. The number of hydrogen-bond acceptors (Lipinski definition) is 5. The van der Waals surface area contributed by atoms with Crippen LogP contribution in [0.1, 0.15) is 11.1 Å². The van der Waals surface area contributed by atoms with Gasteiger partial charge in [-0.25, -0.2) is 4.79 Å². The van der Waals surface area contributed by atoms with E-state index < -0.39 is 17.5 Å². The van der Waals surface area contributed by atoms with E-state index in [4.69, 9.17) is 4.74 Å². The highest BCUT2D eigenvalue weighted by atomic mass is 16.5. The summed E-state index contributed by atoms with van der Waals surface area (Å²) in [6.07, 6.45) is 3.60. The molecule has 33 heavy (non-hydrogen) atoms. The molecule has 3 heterocycles. The lowest BCUT2D eigenvalue weighted by Gasteiger charge is -2.20. The van der Waals surface area contributed by atoms with E-state index in [1.807, 2.05) is 38.4 Å². The first-order valence-corrected chi connectivity index (χ1v) is 10.2. The Bertz CT molecular complexity index is 1520. The van der Waals surface area contributed by atoms with Crippen LogP contribution in [0.5, 0.6) is 11.6 Å². The summed E-state index contributed by atoms with van der Waals surface area (Å²) in [5.74, 6) is 5.96. The summed E-state index contributed by atoms with van der Waals surface area (Å²) in [6.45, 7) is 1.87. The summed E-state index contributed by atoms with van der Waals surface area (Å²) in [4.78, 5) is 24.8. The highest BCUT2D eigenvalue weighted by Crippen LogP contribution is 2.32. The second-order valence-electron chi connectivity index (χ2n) is 8.13. The van der Waals surface area contributed by atoms with Gasteiger partial charge in [0.15, 0.2) is 5.88 Å². The molecular weight excluding hydrogens is 422 g/mol. The van der Waals surface area contributed by atoms with Gasteiger partial charge in [-0.15, -0.1) is 0 Å². The fourth-order valence-corrected chi connectivity index (χ4v) is 4.14. The van der Waals surface area contributed by atoms with Gasteiger partial charge in [-0.3, -0.25) is 14.8 Å². The quantitative estimate of drug-likeness (QED) is 0.332. The van der Waals surface area contributed by atoms with Gasteiger partial charge in [0.1, 0.15) is 5.75 Å². The molecule has 3 amide bonds. The maximum atomic E-state index is 12.8. The number of imide groups is 1. The molecule has 0 spiro atoms. The maximum absolute atomic E-state index is 12.8. The normalized spacial score (nSPS) is 17.7. The summed E-state index contributed by atoms with van der Waals surface area (Å²) < 4.78 is 8.46. The lowest BCUT2D eigenvalue weighted by Crippen LogP contribution is -2.49. The SMILES string of the molecule is COc1ccc2cn(C[C@@]3(C#Cc4cc(C)c5nn(C)cc5c4)NC(=O)NC3=O)c(O)c2c1. The van der Waals surface area contributed by atoms with Crippen LogP contribution < -0.4 is 15.4 Å². The highest BCUT2D eigenvalue weighted by molar-refractivity contribution is 6.09. The van der Waals surface area contributed by atoms with Crippen molar-refractivity contribution in [2.45, 2.75) is 19.0 Å². The van der Waals surface area contributed by atoms with Crippen LogP contribution in [-0.2, 0) is 18.4 Å². The highest BCUT2D eigenvalue weighted by Gasteiger charge is 2.46. The number of rotatable bonds is 3. The second kappa shape index (κ2) is 7.31. The standard InChI is InChI=1S/C24H21N5O4/c1-14-8-15(9-17-11-28(2)27-20(14)17)6-7-24(22(31)25-23(32)26-24)13-29-12-16-4-5-18(33-3)10-19(16)21(29)30/h4-5,8-12,30H,13H2,1-3H3,(H2,25,26,31,32)/t24-/m1/s1. The monoisotopic (exact) mass is 443 g/mol. The fourth-order valence-electron chi connectivity index (χ4n) is 4.14. The number of benzene rings is 2. The predicted molar refractivity (Wildman–Crippen MR) is 122 cm³/mol. The van der Waals surface area contributed by atoms with Crippen molar-refractivity contribution in [1.29, 1.82) is 0 Å². The number of nitrogens with one attached hydrogen (secondary N) is 2. The van der Waals surface area contributed by atoms with Crippen molar-refractivity contribution in [2.24, 2.45) is 7.05 Å². The molecule has 0 bridgehead atoms. The number of amides is 3. The largest absolute Gasteiger partial charge is 0.497 e. The lowest BCUT2D eigenvalue weighted by molar-refractivity contribution is -0.122. The van der Waals surface area contributed by atoms with Gasteiger partial charge >= 0.3 is 6.03 Å². The van der Waals surface area contributed by atoms with Crippen LogP contribution in [-0.4, -0.2) is 44.0 Å². The molecule has 4 aromatic rings. The van der Waals surface area contributed by atoms with Gasteiger partial charge < -0.3 is 19.7 Å². The molecule has 1 fully saturated rings. The van der Waals surface area contributed by atoms with Crippen molar-refractivity contribution in [1.82, 2.24) is 25.0 Å². The van der Waals surface area contributed by atoms with Gasteiger partial charge in [0, 0.05) is 41.2 Å². The minimum absolute atomic E-state index is 0.0494. The van der Waals surface area contributed by atoms with Gasteiger partial charge in [-0.1, -0.05) is 11.8 Å². The number of methoxy groups -OCH3 is 1. The van der Waals surface area contributed by atoms with Crippen LogP contribution in [0.15, 0.2) is 42.7 Å². The topological polar surface area (TPSA) is 110 Å². The number of urea groups is 1. The zero-order valence-electron chi connectivity index (χ0n) is 18.3. The van der Waals surface area contributed by atoms with Crippen LogP contribution in [0.4, 0.5) is 4.79 Å². The molecule has 166 valence electrons. The molecule has 9 heteroatoms. The van der Waals surface area contributed by atoms with E-state index >= 15 is 0 Å². The summed E-state index contributed by atoms with van der Waals surface area (Å²) in [5.41, 5.74) is 0.970. The van der Waals surface area contributed by atoms with Crippen LogP contribution in [0.25, 0.3) is 21.7 Å². The van der Waals surface area contributed by atoms with Crippen molar-refractivity contribution in [3.05, 3.63) is 53.9 Å². The van der Waals surface area contributed by atoms with Crippen molar-refractivity contribution >= 4 is 33.6 Å². The number of carbonyl (C=O) groups excluding carboxylic acids is 2. The Morgan fingerprint density at radius 1 is 1.18 bits per heavy atom. The smallest absolute Gasteiger partial charge is 0.323 e. The predicted octanol–water partition coefficient (Wildman–Crippen LogP) is 2.18. The van der Waals surface area contributed by atoms with E-state index in [9.17, 15) is 14.7 Å². The Morgan fingerprint density at radius 3 is 2.73 bits per heavy atom. The Morgan fingerprint density at radius 2 is 2.00 bits per heavy atom. The van der Waals surface area contributed by atoms with Crippen LogP contribution >= 0.6 is 0 Å². The molecular formula is C24H21N5O4. The third-order valence-corrected chi connectivity index (χ3v) is 5.75. The number of carbonyl (C=O) groups is 2. The van der Waals surface area contributed by atoms with Crippen molar-refractivity contribution in [3.63, 3.8) is 0 Å². The summed E-state index contributed by atoms with van der Waals surface area (Å²) in [7, 11) is 3.39. The summed E-state index contributed by atoms with van der Waals surface area (Å²) >= 11 is 0. The van der Waals surface area contributed by atoms with E-state index in [2.05, 4.69) is 27.6 Å². The first-order valence-electron chi connectivity index (χ1n) is 10.2. The average molecular weight is 443 g/mol. The molecule has 2 aromatic heterocycles. The van der Waals surface area contributed by atoms with Crippen molar-refractivity contribution in [3.8, 4) is 23.5 Å². The van der Waals surface area contributed by atoms with Gasteiger partial charge in [0.05, 0.1) is 19.2 Å². The first kappa shape index (κ1) is 20.5. The van der Waals surface area contributed by atoms with Gasteiger partial charge in [-0.2, -0.15) is 5.10 Å². The molecule has 2 aromatic carbocycles. The Hall–Kier alpha value is -4.45. The summed E-state index contributed by atoms with van der Waals surface area (Å²) in [5, 5.41) is 22.4. The third kappa shape index (κ3) is 3.42. The van der Waals surface area contributed by atoms with Crippen LogP contribution in [0.3, 0.4) is 0 Å². The van der Waals surface area contributed by atoms with Crippen LogP contribution in [0.2, 0.25) is 0 Å². The number of ether oxygens (including phenoxy) is 1. The Labute approximate surface area is 188 Å². The first-order chi connectivity index (χ1) is 15.8. The molecule has 0 aliphatic carbocycles. The molecule has 9 nitrogen and oxygen atoms in total. The van der Waals surface area contributed by atoms with E-state index in [0.29, 0.717) is 16.7 Å². The molecule has 3 N–H and O–H groups in total. The zero-order chi connectivity index (χ0) is 23.3. The van der Waals surface area contributed by atoms with Crippen LogP contribution in [0, 0.1) is 18.8 Å². The molecule has 1 aliphatic rings. The Balaban J connectivity index is 1.57. The number of aromatic hydroxyl groups is 1. The summed E-state index contributed by atoms with van der Waals surface area (Å²) in [6, 6.07) is 8.44. The Kier molecular flexibility index (Phi) is 4.53. The zero-order valence-corrected chi connectivity index (χ0v) is 18.3. The van der Waals surface area contributed by atoms with E-state index in [0.717, 1.165) is 21.9 Å². The lowest BCUT2D eigenvalue weighted by atomic mass is 9.99. The molecule has 1 atom stereocenters. The number of aryl methyl sites for hydroxylation is 2. The minimum Gasteiger partial charge on any atom is -0.497 e. The molecule has 0 saturated carbocycles. The van der Waals surface area contributed by atoms with E-state index in [-0.39, 0.29) is 12.4 Å². The molecule has 5 rings (SSSR count). The van der Waals surface area contributed by atoms with E-state index in [1.54, 1.807) is 30.1 Å². The molecule has 1 aliphatic heterocycles. The van der Waals surface area contributed by atoms with Crippen molar-refractivity contribution in [2.75, 3.05) is 7.11 Å². The van der Waals surface area contributed by atoms with Gasteiger partial charge in [-0.05, 0) is 42.8 Å². The third-order valence-electron chi connectivity index (χ3n) is 5.75. The van der Waals surface area contributed by atoms with Gasteiger partial charge in [0.2, 0.25) is 5.54 Å². The van der Waals surface area contributed by atoms with E-state index in [1.165, 1.54) is 4.57 Å². The maximum Gasteiger partial charge on any atom is 0.323 e. The number of aromatic nitrogens is 3. The minimum atomic E-state index is -1.55. The second-order valence-corrected chi connectivity index (χ2v) is 8.13. The molecule has 1 saturated heterocycles. The number of nitrogens with zero attached hydrogens (tertiary/aromatic N) is 3. The fraction of sp³-hybridized carbons (Fsp3) is 0.208.